The number of hydrogen-bond acceptors (Lipinski definition) is 5. The molecular formula is C14H20N2O3. The molecular weight excluding hydrogens is 244 g/mol. The highest BCUT2D eigenvalue weighted by molar-refractivity contribution is 5.82. The number of esters is 1. The van der Waals surface area contributed by atoms with E-state index >= 15 is 0 Å². The molecule has 2 aliphatic carbocycles. The van der Waals surface area contributed by atoms with E-state index in [1.54, 1.807) is 0 Å². The highest BCUT2D eigenvalue weighted by Gasteiger charge is 2.48. The summed E-state index contributed by atoms with van der Waals surface area (Å²) in [5, 5.41) is 4.05. The van der Waals surface area contributed by atoms with E-state index in [-0.39, 0.29) is 5.97 Å². The molecule has 0 saturated heterocycles. The van der Waals surface area contributed by atoms with Crippen molar-refractivity contribution in [2.45, 2.75) is 63.2 Å². The first kappa shape index (κ1) is 12.6. The van der Waals surface area contributed by atoms with E-state index in [0.29, 0.717) is 18.4 Å². The van der Waals surface area contributed by atoms with Gasteiger partial charge in [-0.05, 0) is 32.6 Å². The van der Waals surface area contributed by atoms with Crippen LogP contribution in [-0.4, -0.2) is 22.7 Å². The maximum Gasteiger partial charge on any atom is 0.321 e. The number of ether oxygens (including phenoxy) is 1. The Balaban J connectivity index is 1.89. The van der Waals surface area contributed by atoms with E-state index in [1.165, 1.54) is 0 Å². The van der Waals surface area contributed by atoms with Gasteiger partial charge in [0.1, 0.15) is 5.41 Å². The van der Waals surface area contributed by atoms with Crippen molar-refractivity contribution in [1.29, 1.82) is 0 Å². The van der Waals surface area contributed by atoms with E-state index in [4.69, 9.17) is 9.26 Å². The lowest BCUT2D eigenvalue weighted by atomic mass is 9.74. The van der Waals surface area contributed by atoms with Gasteiger partial charge >= 0.3 is 5.97 Å². The van der Waals surface area contributed by atoms with Crippen LogP contribution in [0.3, 0.4) is 0 Å². The predicted molar refractivity (Wildman–Crippen MR) is 67.7 cm³/mol. The Kier molecular flexibility index (Phi) is 3.29. The van der Waals surface area contributed by atoms with Gasteiger partial charge in [0.2, 0.25) is 5.89 Å². The quantitative estimate of drug-likeness (QED) is 0.782. The van der Waals surface area contributed by atoms with Gasteiger partial charge in [0.25, 0.3) is 0 Å². The van der Waals surface area contributed by atoms with Crippen LogP contribution < -0.4 is 0 Å². The molecule has 1 aromatic rings. The molecule has 0 N–H and O–H groups in total. The monoisotopic (exact) mass is 264 g/mol. The topological polar surface area (TPSA) is 65.2 Å². The molecule has 0 radical (unpaired) electrons. The highest BCUT2D eigenvalue weighted by atomic mass is 16.5. The first-order chi connectivity index (χ1) is 9.26. The van der Waals surface area contributed by atoms with Gasteiger partial charge in [-0.3, -0.25) is 4.79 Å². The van der Waals surface area contributed by atoms with Crippen molar-refractivity contribution in [3.8, 4) is 0 Å². The van der Waals surface area contributed by atoms with Gasteiger partial charge in [-0.15, -0.1) is 0 Å². The average Bonchev–Trinajstić information content (AvgIpc) is 3.17. The average molecular weight is 264 g/mol. The van der Waals surface area contributed by atoms with Crippen molar-refractivity contribution in [2.75, 3.05) is 6.61 Å². The second-order valence-electron chi connectivity index (χ2n) is 5.60. The lowest BCUT2D eigenvalue weighted by Crippen LogP contribution is -2.39. The van der Waals surface area contributed by atoms with Crippen molar-refractivity contribution in [1.82, 2.24) is 10.1 Å². The van der Waals surface area contributed by atoms with Crippen LogP contribution in [0.25, 0.3) is 0 Å². The van der Waals surface area contributed by atoms with Gasteiger partial charge in [-0.25, -0.2) is 0 Å². The van der Waals surface area contributed by atoms with Crippen LogP contribution in [0.4, 0.5) is 0 Å². The van der Waals surface area contributed by atoms with Crippen LogP contribution in [0, 0.1) is 0 Å². The lowest BCUT2D eigenvalue weighted by Gasteiger charge is -2.31. The number of aromatic nitrogens is 2. The number of nitrogens with zero attached hydrogens (tertiary/aromatic N) is 2. The Labute approximate surface area is 112 Å². The summed E-state index contributed by atoms with van der Waals surface area (Å²) in [5.74, 6) is 1.50. The number of rotatable bonds is 4. The number of hydrogen-bond donors (Lipinski definition) is 0. The van der Waals surface area contributed by atoms with Crippen LogP contribution in [0.1, 0.15) is 69.5 Å². The Morgan fingerprint density at radius 3 is 2.74 bits per heavy atom. The second kappa shape index (κ2) is 4.94. The number of carbonyl (C=O) groups is 1. The first-order valence-electron chi connectivity index (χ1n) is 7.27. The van der Waals surface area contributed by atoms with Crippen molar-refractivity contribution < 1.29 is 14.1 Å². The van der Waals surface area contributed by atoms with Crippen LogP contribution >= 0.6 is 0 Å². The summed E-state index contributed by atoms with van der Waals surface area (Å²) in [6.45, 7) is 2.22. The fraction of sp³-hybridized carbons (Fsp3) is 0.786. The largest absolute Gasteiger partial charge is 0.465 e. The van der Waals surface area contributed by atoms with Crippen molar-refractivity contribution >= 4 is 5.97 Å². The molecule has 1 aromatic heterocycles. The molecule has 5 nitrogen and oxygen atoms in total. The van der Waals surface area contributed by atoms with Crippen molar-refractivity contribution in [2.24, 2.45) is 0 Å². The van der Waals surface area contributed by atoms with Crippen LogP contribution in [0.5, 0.6) is 0 Å². The zero-order valence-corrected chi connectivity index (χ0v) is 11.4. The molecule has 104 valence electrons. The van der Waals surface area contributed by atoms with Gasteiger partial charge in [-0.2, -0.15) is 4.98 Å². The first-order valence-corrected chi connectivity index (χ1v) is 7.27. The zero-order chi connectivity index (χ0) is 13.3. The fourth-order valence-electron chi connectivity index (χ4n) is 2.87. The van der Waals surface area contributed by atoms with Crippen molar-refractivity contribution in [3.05, 3.63) is 11.7 Å². The molecule has 0 atom stereocenters. The van der Waals surface area contributed by atoms with Crippen LogP contribution in [0.15, 0.2) is 4.52 Å². The van der Waals surface area contributed by atoms with Gasteiger partial charge < -0.3 is 9.26 Å². The molecule has 1 heterocycles. The van der Waals surface area contributed by atoms with E-state index in [1.807, 2.05) is 6.92 Å². The Morgan fingerprint density at radius 2 is 2.11 bits per heavy atom. The molecule has 0 unspecified atom stereocenters. The van der Waals surface area contributed by atoms with Gasteiger partial charge in [0.15, 0.2) is 5.82 Å². The lowest BCUT2D eigenvalue weighted by molar-refractivity contribution is -0.152. The summed E-state index contributed by atoms with van der Waals surface area (Å²) in [6, 6.07) is 0. The molecule has 2 fully saturated rings. The van der Waals surface area contributed by atoms with Gasteiger partial charge in [0.05, 0.1) is 6.61 Å². The Morgan fingerprint density at radius 1 is 1.37 bits per heavy atom. The molecule has 0 amide bonds. The minimum absolute atomic E-state index is 0.194. The van der Waals surface area contributed by atoms with Gasteiger partial charge in [0, 0.05) is 5.92 Å². The van der Waals surface area contributed by atoms with E-state index in [2.05, 4.69) is 10.1 Å². The molecule has 0 aliphatic heterocycles. The second-order valence-corrected chi connectivity index (χ2v) is 5.60. The molecule has 5 heteroatoms. The van der Waals surface area contributed by atoms with Crippen molar-refractivity contribution in [3.63, 3.8) is 0 Å². The molecule has 3 rings (SSSR count). The summed E-state index contributed by atoms with van der Waals surface area (Å²) in [6.07, 6.45) is 6.97. The SMILES string of the molecule is CCOC(=O)C1(c2nc(C3CC3)no2)CCCCC1. The minimum atomic E-state index is -0.686. The van der Waals surface area contributed by atoms with Crippen LogP contribution in [0.2, 0.25) is 0 Å². The third-order valence-corrected chi connectivity index (χ3v) is 4.17. The standard InChI is InChI=1S/C14H20N2O3/c1-2-18-13(17)14(8-4-3-5-9-14)12-15-11(16-19-12)10-6-7-10/h10H,2-9H2,1H3. The molecule has 19 heavy (non-hydrogen) atoms. The fourth-order valence-corrected chi connectivity index (χ4v) is 2.87. The molecule has 0 aromatic carbocycles. The molecule has 0 spiro atoms. The minimum Gasteiger partial charge on any atom is -0.465 e. The maximum atomic E-state index is 12.4. The third-order valence-electron chi connectivity index (χ3n) is 4.17. The van der Waals surface area contributed by atoms with E-state index in [9.17, 15) is 4.79 Å². The number of carbonyl (C=O) groups excluding carboxylic acids is 1. The normalized spacial score (nSPS) is 22.2. The summed E-state index contributed by atoms with van der Waals surface area (Å²) in [4.78, 5) is 16.9. The maximum absolute atomic E-state index is 12.4. The Hall–Kier alpha value is -1.39. The Bertz CT molecular complexity index is 459. The van der Waals surface area contributed by atoms with Crippen LogP contribution in [-0.2, 0) is 14.9 Å². The summed E-state index contributed by atoms with van der Waals surface area (Å²) in [5.41, 5.74) is -0.686. The van der Waals surface area contributed by atoms with Gasteiger partial charge in [-0.1, -0.05) is 24.4 Å². The zero-order valence-electron chi connectivity index (χ0n) is 11.4. The predicted octanol–water partition coefficient (Wildman–Crippen LogP) is 2.71. The highest BCUT2D eigenvalue weighted by Crippen LogP contribution is 2.43. The summed E-state index contributed by atoms with van der Waals surface area (Å²) in [7, 11) is 0. The molecule has 2 saturated carbocycles. The summed E-state index contributed by atoms with van der Waals surface area (Å²) >= 11 is 0. The third kappa shape index (κ3) is 2.26. The smallest absolute Gasteiger partial charge is 0.321 e. The summed E-state index contributed by atoms with van der Waals surface area (Å²) < 4.78 is 10.7. The molecule has 2 aliphatic rings. The molecule has 0 bridgehead atoms. The van der Waals surface area contributed by atoms with E-state index in [0.717, 1.165) is 50.8 Å². The van der Waals surface area contributed by atoms with E-state index < -0.39 is 5.41 Å².